The zero-order valence-corrected chi connectivity index (χ0v) is 7.30. The molecule has 0 atom stereocenters. The maximum Gasteiger partial charge on any atom is 0.169 e. The molecule has 0 unspecified atom stereocenters. The third kappa shape index (κ3) is 1.27. The first-order valence-electron chi connectivity index (χ1n) is 2.93. The lowest BCUT2D eigenvalue weighted by Gasteiger charge is -2.03. The van der Waals surface area contributed by atoms with Crippen LogP contribution in [-0.2, 0) is 0 Å². The van der Waals surface area contributed by atoms with Crippen LogP contribution in [0.3, 0.4) is 0 Å². The number of aldehydes is 1. The van der Waals surface area contributed by atoms with Gasteiger partial charge in [0.05, 0.1) is 10.0 Å². The Morgan fingerprint density at radius 3 is 2.58 bits per heavy atom. The summed E-state index contributed by atoms with van der Waals surface area (Å²) in [4.78, 5) is 10.3. The Morgan fingerprint density at radius 1 is 1.50 bits per heavy atom. The zero-order chi connectivity index (χ0) is 9.30. The Hall–Kier alpha value is -1.10. The highest BCUT2D eigenvalue weighted by Gasteiger charge is 2.14. The Kier molecular flexibility index (Phi) is 2.32. The van der Waals surface area contributed by atoms with Gasteiger partial charge in [-0.15, -0.1) is 0 Å². The lowest BCUT2D eigenvalue weighted by atomic mass is 10.2. The van der Waals surface area contributed by atoms with E-state index in [2.05, 4.69) is 15.9 Å². The first-order chi connectivity index (χ1) is 5.57. The van der Waals surface area contributed by atoms with E-state index in [1.165, 1.54) is 0 Å². The average molecular weight is 235 g/mol. The number of carbonyl (C=O) groups is 1. The summed E-state index contributed by atoms with van der Waals surface area (Å²) >= 11 is 2.75. The predicted octanol–water partition coefficient (Wildman–Crippen LogP) is 1.81. The predicted molar refractivity (Wildman–Crippen MR) is 42.8 cm³/mol. The van der Waals surface area contributed by atoms with Crippen LogP contribution in [-0.4, -0.2) is 16.5 Å². The molecule has 0 heterocycles. The number of hydrogen-bond donors (Lipinski definition) is 2. The molecule has 5 heteroatoms. The topological polar surface area (TPSA) is 57.5 Å². The number of halogens is 2. The van der Waals surface area contributed by atoms with Gasteiger partial charge in [0, 0.05) is 6.07 Å². The summed E-state index contributed by atoms with van der Waals surface area (Å²) < 4.78 is 12.6. The van der Waals surface area contributed by atoms with E-state index >= 15 is 0 Å². The van der Waals surface area contributed by atoms with Crippen molar-refractivity contribution in [3.05, 3.63) is 21.9 Å². The maximum absolute atomic E-state index is 12.7. The highest BCUT2D eigenvalue weighted by Crippen LogP contribution is 2.34. The summed E-state index contributed by atoms with van der Waals surface area (Å²) in [7, 11) is 0. The minimum absolute atomic E-state index is 0.159. The Morgan fingerprint density at radius 2 is 2.08 bits per heavy atom. The number of aromatic hydroxyl groups is 2. The second-order valence-corrected chi connectivity index (χ2v) is 2.86. The summed E-state index contributed by atoms with van der Waals surface area (Å²) in [5, 5.41) is 17.9. The molecule has 0 aromatic heterocycles. The van der Waals surface area contributed by atoms with E-state index < -0.39 is 17.3 Å². The quantitative estimate of drug-likeness (QED) is 0.576. The molecule has 1 aromatic carbocycles. The van der Waals surface area contributed by atoms with Crippen molar-refractivity contribution in [3.63, 3.8) is 0 Å². The van der Waals surface area contributed by atoms with Crippen LogP contribution in [0.5, 0.6) is 11.5 Å². The van der Waals surface area contributed by atoms with E-state index in [1.54, 1.807) is 0 Å². The molecule has 1 rings (SSSR count). The van der Waals surface area contributed by atoms with Crippen LogP contribution in [0.15, 0.2) is 10.5 Å². The summed E-state index contributed by atoms with van der Waals surface area (Å²) in [5.74, 6) is -2.08. The van der Waals surface area contributed by atoms with E-state index in [0.29, 0.717) is 6.07 Å². The Bertz CT molecular complexity index is 312. The molecule has 2 N–H and O–H groups in total. The van der Waals surface area contributed by atoms with Crippen molar-refractivity contribution in [2.75, 3.05) is 0 Å². The van der Waals surface area contributed by atoms with Gasteiger partial charge in [-0.1, -0.05) is 0 Å². The van der Waals surface area contributed by atoms with E-state index in [9.17, 15) is 9.18 Å². The molecule has 0 amide bonds. The lowest BCUT2D eigenvalue weighted by Crippen LogP contribution is -1.88. The van der Waals surface area contributed by atoms with Crippen molar-refractivity contribution in [1.29, 1.82) is 0 Å². The normalized spacial score (nSPS) is 9.83. The van der Waals surface area contributed by atoms with E-state index in [-0.39, 0.29) is 16.3 Å². The number of rotatable bonds is 1. The van der Waals surface area contributed by atoms with E-state index in [0.717, 1.165) is 0 Å². The maximum atomic E-state index is 12.7. The molecule has 0 aliphatic carbocycles. The molecule has 0 spiro atoms. The second kappa shape index (κ2) is 3.10. The number of benzene rings is 1. The fourth-order valence-electron chi connectivity index (χ4n) is 0.730. The third-order valence-electron chi connectivity index (χ3n) is 1.33. The summed E-state index contributed by atoms with van der Waals surface area (Å²) in [5.41, 5.74) is -0.299. The third-order valence-corrected chi connectivity index (χ3v) is 2.13. The highest BCUT2D eigenvalue weighted by atomic mass is 79.9. The molecular formula is C7H4BrFO3. The van der Waals surface area contributed by atoms with Crippen molar-refractivity contribution in [2.45, 2.75) is 0 Å². The fraction of sp³-hybridized carbons (Fsp3) is 0. The molecular weight excluding hydrogens is 231 g/mol. The standard InChI is InChI=1S/C7H4BrFO3/c8-6-3(2-10)7(12)5(11)1-4(6)9/h1-2,11-12H. The van der Waals surface area contributed by atoms with Crippen LogP contribution in [0.4, 0.5) is 4.39 Å². The van der Waals surface area contributed by atoms with Crippen LogP contribution in [0, 0.1) is 5.82 Å². The molecule has 0 radical (unpaired) electrons. The van der Waals surface area contributed by atoms with Gasteiger partial charge in [-0.05, 0) is 15.9 Å². The van der Waals surface area contributed by atoms with Gasteiger partial charge in [0.25, 0.3) is 0 Å². The number of phenolic OH excluding ortho intramolecular Hbond substituents is 2. The van der Waals surface area contributed by atoms with Gasteiger partial charge in [0.1, 0.15) is 5.82 Å². The van der Waals surface area contributed by atoms with Crippen LogP contribution >= 0.6 is 15.9 Å². The van der Waals surface area contributed by atoms with Crippen LogP contribution in [0.1, 0.15) is 10.4 Å². The smallest absolute Gasteiger partial charge is 0.169 e. The molecule has 3 nitrogen and oxygen atoms in total. The number of carbonyl (C=O) groups excluding carboxylic acids is 1. The number of phenols is 2. The van der Waals surface area contributed by atoms with Gasteiger partial charge in [-0.2, -0.15) is 0 Å². The molecule has 0 saturated carbocycles. The van der Waals surface area contributed by atoms with Gasteiger partial charge in [0.2, 0.25) is 0 Å². The molecule has 12 heavy (non-hydrogen) atoms. The SMILES string of the molecule is O=Cc1c(O)c(O)cc(F)c1Br. The van der Waals surface area contributed by atoms with Gasteiger partial charge in [0.15, 0.2) is 17.8 Å². The molecule has 0 fully saturated rings. The highest BCUT2D eigenvalue weighted by molar-refractivity contribution is 9.10. The second-order valence-electron chi connectivity index (χ2n) is 2.07. The minimum atomic E-state index is -0.799. The lowest BCUT2D eigenvalue weighted by molar-refractivity contribution is 0.111. The number of hydrogen-bond acceptors (Lipinski definition) is 3. The first kappa shape index (κ1) is 8.99. The molecule has 0 aliphatic heterocycles. The van der Waals surface area contributed by atoms with Crippen molar-refractivity contribution >= 4 is 22.2 Å². The van der Waals surface area contributed by atoms with E-state index in [1.807, 2.05) is 0 Å². The van der Waals surface area contributed by atoms with Gasteiger partial charge in [-0.3, -0.25) is 4.79 Å². The van der Waals surface area contributed by atoms with Crippen molar-refractivity contribution in [1.82, 2.24) is 0 Å². The van der Waals surface area contributed by atoms with E-state index in [4.69, 9.17) is 10.2 Å². The van der Waals surface area contributed by atoms with Gasteiger partial charge in [-0.25, -0.2) is 4.39 Å². The summed E-state index contributed by atoms with van der Waals surface area (Å²) in [6, 6.07) is 0.715. The van der Waals surface area contributed by atoms with Gasteiger partial charge >= 0.3 is 0 Å². The van der Waals surface area contributed by atoms with Gasteiger partial charge < -0.3 is 10.2 Å². The fourth-order valence-corrected chi connectivity index (χ4v) is 1.13. The van der Waals surface area contributed by atoms with Crippen molar-refractivity contribution < 1.29 is 19.4 Å². The Labute approximate surface area is 75.6 Å². The largest absolute Gasteiger partial charge is 0.504 e. The minimum Gasteiger partial charge on any atom is -0.504 e. The van der Waals surface area contributed by atoms with Crippen molar-refractivity contribution in [3.8, 4) is 11.5 Å². The van der Waals surface area contributed by atoms with Crippen LogP contribution in [0.2, 0.25) is 0 Å². The molecule has 0 bridgehead atoms. The average Bonchev–Trinajstić information content (AvgIpc) is 2.02. The zero-order valence-electron chi connectivity index (χ0n) is 5.71. The van der Waals surface area contributed by atoms with Crippen LogP contribution < -0.4 is 0 Å². The molecule has 64 valence electrons. The monoisotopic (exact) mass is 234 g/mol. The van der Waals surface area contributed by atoms with Crippen LogP contribution in [0.25, 0.3) is 0 Å². The molecule has 1 aromatic rings. The van der Waals surface area contributed by atoms with Crippen molar-refractivity contribution in [2.24, 2.45) is 0 Å². The molecule has 0 saturated heterocycles. The summed E-state index contributed by atoms with van der Waals surface area (Å²) in [6.45, 7) is 0. The first-order valence-corrected chi connectivity index (χ1v) is 3.72. The summed E-state index contributed by atoms with van der Waals surface area (Å²) in [6.07, 6.45) is 0.252. The molecule has 0 aliphatic rings. The Balaban J connectivity index is 3.52.